The Morgan fingerprint density at radius 2 is 2.27 bits per heavy atom. The molecule has 0 aromatic heterocycles. The van der Waals surface area contributed by atoms with Crippen LogP contribution in [0.2, 0.25) is 0 Å². The molecule has 0 saturated carbocycles. The summed E-state index contributed by atoms with van der Waals surface area (Å²) in [6, 6.07) is 7.61. The largest absolute Gasteiger partial charge is 0.508 e. The van der Waals surface area contributed by atoms with Crippen LogP contribution in [0.1, 0.15) is 18.4 Å². The Hall–Kier alpha value is -0.670. The van der Waals surface area contributed by atoms with E-state index < -0.39 is 0 Å². The van der Waals surface area contributed by atoms with Crippen molar-refractivity contribution in [3.05, 3.63) is 29.8 Å². The van der Waals surface area contributed by atoms with E-state index in [1.807, 2.05) is 30.0 Å². The summed E-state index contributed by atoms with van der Waals surface area (Å²) in [5.74, 6) is 1.34. The molecule has 0 amide bonds. The topological polar surface area (TPSA) is 32.3 Å². The van der Waals surface area contributed by atoms with Gasteiger partial charge in [0.15, 0.2) is 0 Å². The molecule has 82 valence electrons. The second-order valence-corrected chi connectivity index (χ2v) is 5.20. The average Bonchev–Trinajstić information content (AvgIpc) is 2.29. The van der Waals surface area contributed by atoms with Crippen molar-refractivity contribution in [3.8, 4) is 5.75 Å². The van der Waals surface area contributed by atoms with Crippen LogP contribution in [0.15, 0.2) is 24.3 Å². The standard InChI is InChI=1S/C12H17NOS/c14-12-6-2-1-4-10(12)9-15-11-5-3-7-13-8-11/h1-2,4,6,11,13-14H,3,5,7-9H2. The summed E-state index contributed by atoms with van der Waals surface area (Å²) in [5, 5.41) is 13.7. The van der Waals surface area contributed by atoms with Crippen LogP contribution >= 0.6 is 11.8 Å². The summed E-state index contributed by atoms with van der Waals surface area (Å²) >= 11 is 1.94. The Kier molecular flexibility index (Phi) is 3.92. The number of hydrogen-bond acceptors (Lipinski definition) is 3. The maximum absolute atomic E-state index is 9.61. The third-order valence-corrected chi connectivity index (χ3v) is 4.07. The molecule has 1 aromatic rings. The monoisotopic (exact) mass is 223 g/mol. The second-order valence-electron chi connectivity index (χ2n) is 3.91. The fraction of sp³-hybridized carbons (Fsp3) is 0.500. The lowest BCUT2D eigenvalue weighted by Gasteiger charge is -2.22. The van der Waals surface area contributed by atoms with Crippen LogP contribution in [0.5, 0.6) is 5.75 Å². The molecular formula is C12H17NOS. The van der Waals surface area contributed by atoms with Gasteiger partial charge in [0.25, 0.3) is 0 Å². The maximum atomic E-state index is 9.61. The van der Waals surface area contributed by atoms with Crippen LogP contribution in [0.3, 0.4) is 0 Å². The summed E-state index contributed by atoms with van der Waals surface area (Å²) < 4.78 is 0. The number of hydrogen-bond donors (Lipinski definition) is 2. The van der Waals surface area contributed by atoms with E-state index in [9.17, 15) is 5.11 Å². The number of rotatable bonds is 3. The van der Waals surface area contributed by atoms with Crippen LogP contribution in [0.4, 0.5) is 0 Å². The molecule has 3 heteroatoms. The van der Waals surface area contributed by atoms with Gasteiger partial charge in [0.1, 0.15) is 5.75 Å². The van der Waals surface area contributed by atoms with E-state index in [0.717, 1.165) is 24.4 Å². The van der Waals surface area contributed by atoms with Crippen LogP contribution in [-0.4, -0.2) is 23.4 Å². The first-order valence-corrected chi connectivity index (χ1v) is 6.50. The Morgan fingerprint density at radius 3 is 3.00 bits per heavy atom. The highest BCUT2D eigenvalue weighted by molar-refractivity contribution is 7.99. The van der Waals surface area contributed by atoms with E-state index in [2.05, 4.69) is 5.32 Å². The number of aromatic hydroxyl groups is 1. The number of nitrogens with one attached hydrogen (secondary N) is 1. The van der Waals surface area contributed by atoms with E-state index in [-0.39, 0.29) is 0 Å². The lowest BCUT2D eigenvalue weighted by atomic mass is 10.2. The molecule has 0 spiro atoms. The van der Waals surface area contributed by atoms with Gasteiger partial charge in [-0.2, -0.15) is 11.8 Å². The van der Waals surface area contributed by atoms with Crippen molar-refractivity contribution >= 4 is 11.8 Å². The molecule has 1 fully saturated rings. The summed E-state index contributed by atoms with van der Waals surface area (Å²) in [4.78, 5) is 0. The van der Waals surface area contributed by atoms with Gasteiger partial charge in [-0.25, -0.2) is 0 Å². The van der Waals surface area contributed by atoms with Gasteiger partial charge in [0, 0.05) is 23.1 Å². The molecule has 1 aromatic carbocycles. The van der Waals surface area contributed by atoms with Gasteiger partial charge in [-0.1, -0.05) is 18.2 Å². The molecule has 15 heavy (non-hydrogen) atoms. The minimum atomic E-state index is 0.425. The molecular weight excluding hydrogens is 206 g/mol. The van der Waals surface area contributed by atoms with Crippen LogP contribution in [-0.2, 0) is 5.75 Å². The van der Waals surface area contributed by atoms with Gasteiger partial charge in [0.05, 0.1) is 0 Å². The summed E-state index contributed by atoms with van der Waals surface area (Å²) in [6.07, 6.45) is 2.57. The number of phenols is 1. The molecule has 1 unspecified atom stereocenters. The third-order valence-electron chi connectivity index (χ3n) is 2.72. The fourth-order valence-electron chi connectivity index (χ4n) is 1.80. The highest BCUT2D eigenvalue weighted by atomic mass is 32.2. The van der Waals surface area contributed by atoms with E-state index in [0.29, 0.717) is 11.0 Å². The molecule has 2 rings (SSSR count). The van der Waals surface area contributed by atoms with Gasteiger partial charge in [-0.05, 0) is 25.5 Å². The second kappa shape index (κ2) is 5.42. The van der Waals surface area contributed by atoms with Crippen LogP contribution in [0, 0.1) is 0 Å². The molecule has 0 radical (unpaired) electrons. The van der Waals surface area contributed by atoms with Crippen molar-refractivity contribution in [1.82, 2.24) is 5.32 Å². The van der Waals surface area contributed by atoms with Gasteiger partial charge in [-0.3, -0.25) is 0 Å². The highest BCUT2D eigenvalue weighted by Gasteiger charge is 2.13. The molecule has 1 aliphatic rings. The lowest BCUT2D eigenvalue weighted by molar-refractivity contribution is 0.470. The van der Waals surface area contributed by atoms with E-state index in [1.165, 1.54) is 12.8 Å². The van der Waals surface area contributed by atoms with Gasteiger partial charge < -0.3 is 10.4 Å². The van der Waals surface area contributed by atoms with Gasteiger partial charge >= 0.3 is 0 Å². The lowest BCUT2D eigenvalue weighted by Crippen LogP contribution is -2.31. The summed E-state index contributed by atoms with van der Waals surface area (Å²) in [5.41, 5.74) is 1.05. The van der Waals surface area contributed by atoms with E-state index in [4.69, 9.17) is 0 Å². The molecule has 0 bridgehead atoms. The molecule has 2 N–H and O–H groups in total. The molecule has 1 atom stereocenters. The molecule has 1 heterocycles. The van der Waals surface area contributed by atoms with Crippen molar-refractivity contribution in [1.29, 1.82) is 0 Å². The fourth-order valence-corrected chi connectivity index (χ4v) is 3.03. The highest BCUT2D eigenvalue weighted by Crippen LogP contribution is 2.26. The SMILES string of the molecule is Oc1ccccc1CSC1CCCNC1. The predicted molar refractivity (Wildman–Crippen MR) is 65.3 cm³/mol. The maximum Gasteiger partial charge on any atom is 0.119 e. The summed E-state index contributed by atoms with van der Waals surface area (Å²) in [6.45, 7) is 2.27. The number of thioether (sulfide) groups is 1. The van der Waals surface area contributed by atoms with Crippen molar-refractivity contribution in [2.24, 2.45) is 0 Å². The number of phenolic OH excluding ortho intramolecular Hbond substituents is 1. The van der Waals surface area contributed by atoms with Crippen molar-refractivity contribution < 1.29 is 5.11 Å². The zero-order valence-electron chi connectivity index (χ0n) is 8.78. The molecule has 1 aliphatic heterocycles. The van der Waals surface area contributed by atoms with Crippen molar-refractivity contribution in [2.45, 2.75) is 23.8 Å². The molecule has 2 nitrogen and oxygen atoms in total. The average molecular weight is 223 g/mol. The molecule has 1 saturated heterocycles. The number of para-hydroxylation sites is 1. The number of benzene rings is 1. The smallest absolute Gasteiger partial charge is 0.119 e. The first-order valence-electron chi connectivity index (χ1n) is 5.45. The van der Waals surface area contributed by atoms with Crippen molar-refractivity contribution in [3.63, 3.8) is 0 Å². The number of piperidine rings is 1. The third kappa shape index (κ3) is 3.14. The van der Waals surface area contributed by atoms with Crippen LogP contribution in [0.25, 0.3) is 0 Å². The van der Waals surface area contributed by atoms with E-state index >= 15 is 0 Å². The minimum absolute atomic E-state index is 0.425. The first-order chi connectivity index (χ1) is 7.36. The normalized spacial score (nSPS) is 21.5. The Balaban J connectivity index is 1.84. The zero-order valence-corrected chi connectivity index (χ0v) is 9.59. The van der Waals surface area contributed by atoms with E-state index in [1.54, 1.807) is 6.07 Å². The Labute approximate surface area is 95.1 Å². The van der Waals surface area contributed by atoms with Gasteiger partial charge in [0.2, 0.25) is 0 Å². The molecule has 0 aliphatic carbocycles. The zero-order chi connectivity index (χ0) is 10.5. The summed E-state index contributed by atoms with van der Waals surface area (Å²) in [7, 11) is 0. The minimum Gasteiger partial charge on any atom is -0.508 e. The predicted octanol–water partition coefficient (Wildman–Crippen LogP) is 2.38. The van der Waals surface area contributed by atoms with Crippen LogP contribution < -0.4 is 5.32 Å². The Bertz CT molecular complexity index is 310. The quantitative estimate of drug-likeness (QED) is 0.825. The van der Waals surface area contributed by atoms with Crippen molar-refractivity contribution in [2.75, 3.05) is 13.1 Å². The Morgan fingerprint density at radius 1 is 1.40 bits per heavy atom. The first kappa shape index (κ1) is 10.8. The van der Waals surface area contributed by atoms with Gasteiger partial charge in [-0.15, -0.1) is 0 Å².